The number of benzene rings is 1. The van der Waals surface area contributed by atoms with Crippen molar-refractivity contribution in [1.29, 1.82) is 0 Å². The summed E-state index contributed by atoms with van der Waals surface area (Å²) in [6.45, 7) is 0. The number of fused-ring (bicyclic) bond motifs is 1. The molecule has 2 amide bonds. The van der Waals surface area contributed by atoms with E-state index in [0.29, 0.717) is 10.8 Å². The van der Waals surface area contributed by atoms with Crippen LogP contribution < -0.4 is 11.5 Å². The molecule has 0 unspecified atom stereocenters. The quantitative estimate of drug-likeness (QED) is 0.750. The van der Waals surface area contributed by atoms with Gasteiger partial charge in [-0.05, 0) is 12.1 Å². The Morgan fingerprint density at radius 3 is 2.40 bits per heavy atom. The molecule has 2 rings (SSSR count). The Balaban J connectivity index is 2.80. The van der Waals surface area contributed by atoms with Crippen LogP contribution in [0, 0.1) is 0 Å². The van der Waals surface area contributed by atoms with Crippen LogP contribution in [0.4, 0.5) is 0 Å². The highest BCUT2D eigenvalue weighted by atomic mass is 16.3. The lowest BCUT2D eigenvalue weighted by Crippen LogP contribution is -2.15. The number of furan rings is 1. The summed E-state index contributed by atoms with van der Waals surface area (Å²) in [4.78, 5) is 22.1. The molecule has 76 valence electrons. The second-order valence-corrected chi connectivity index (χ2v) is 3.13. The first kappa shape index (κ1) is 9.26. The van der Waals surface area contributed by atoms with Gasteiger partial charge >= 0.3 is 0 Å². The third-order valence-electron chi connectivity index (χ3n) is 2.14. The van der Waals surface area contributed by atoms with Gasteiger partial charge in [0.1, 0.15) is 0 Å². The van der Waals surface area contributed by atoms with Gasteiger partial charge in [-0.15, -0.1) is 0 Å². The minimum atomic E-state index is -0.621. The first-order valence-corrected chi connectivity index (χ1v) is 4.19. The van der Waals surface area contributed by atoms with Gasteiger partial charge in [0.15, 0.2) is 0 Å². The van der Waals surface area contributed by atoms with E-state index in [2.05, 4.69) is 0 Å². The number of primary amides is 2. The summed E-state index contributed by atoms with van der Waals surface area (Å²) < 4.78 is 4.93. The number of rotatable bonds is 2. The van der Waals surface area contributed by atoms with Crippen molar-refractivity contribution in [2.45, 2.75) is 0 Å². The lowest BCUT2D eigenvalue weighted by atomic mass is 10.0. The maximum Gasteiger partial charge on any atom is 0.249 e. The minimum Gasteiger partial charge on any atom is -0.471 e. The molecule has 5 heteroatoms. The van der Waals surface area contributed by atoms with E-state index in [9.17, 15) is 9.59 Å². The van der Waals surface area contributed by atoms with Crippen molar-refractivity contribution >= 4 is 22.6 Å². The van der Waals surface area contributed by atoms with Gasteiger partial charge in [-0.1, -0.05) is 0 Å². The standard InChI is InChI=1S/C10H8N2O3/c11-9(13)5-1-6-3-15-4-8(6)7(2-5)10(12)14/h1-4H,(H2,11,13)(H2,12,14). The number of hydrogen-bond acceptors (Lipinski definition) is 3. The molecule has 1 heterocycles. The van der Waals surface area contributed by atoms with Crippen LogP contribution in [0.25, 0.3) is 10.8 Å². The predicted molar refractivity (Wildman–Crippen MR) is 53.2 cm³/mol. The fourth-order valence-corrected chi connectivity index (χ4v) is 1.43. The van der Waals surface area contributed by atoms with E-state index in [1.54, 1.807) is 6.07 Å². The minimum absolute atomic E-state index is 0.232. The van der Waals surface area contributed by atoms with Crippen molar-refractivity contribution in [3.05, 3.63) is 35.8 Å². The Morgan fingerprint density at radius 2 is 1.80 bits per heavy atom. The topological polar surface area (TPSA) is 99.3 Å². The molecule has 4 N–H and O–H groups in total. The molecule has 0 saturated carbocycles. The molecule has 2 aromatic rings. The normalized spacial score (nSPS) is 10.4. The summed E-state index contributed by atoms with van der Waals surface area (Å²) in [5.74, 6) is -1.23. The number of hydrogen-bond donors (Lipinski definition) is 2. The zero-order chi connectivity index (χ0) is 11.0. The Hall–Kier alpha value is -2.30. The van der Waals surface area contributed by atoms with Crippen molar-refractivity contribution in [2.75, 3.05) is 0 Å². The average Bonchev–Trinajstić information content (AvgIpc) is 2.62. The van der Waals surface area contributed by atoms with E-state index in [0.717, 1.165) is 0 Å². The second-order valence-electron chi connectivity index (χ2n) is 3.13. The molecule has 5 nitrogen and oxygen atoms in total. The van der Waals surface area contributed by atoms with Crippen molar-refractivity contribution in [2.24, 2.45) is 11.5 Å². The van der Waals surface area contributed by atoms with Crippen molar-refractivity contribution in [1.82, 2.24) is 0 Å². The summed E-state index contributed by atoms with van der Waals surface area (Å²) in [5.41, 5.74) is 10.8. The average molecular weight is 204 g/mol. The molecular formula is C10H8N2O3. The molecule has 0 aliphatic heterocycles. The largest absolute Gasteiger partial charge is 0.471 e. The van der Waals surface area contributed by atoms with Crippen LogP contribution in [-0.2, 0) is 0 Å². The molecule has 15 heavy (non-hydrogen) atoms. The van der Waals surface area contributed by atoms with E-state index in [-0.39, 0.29) is 11.1 Å². The fourth-order valence-electron chi connectivity index (χ4n) is 1.43. The molecule has 0 radical (unpaired) electrons. The van der Waals surface area contributed by atoms with Gasteiger partial charge in [0.25, 0.3) is 0 Å². The highest BCUT2D eigenvalue weighted by Crippen LogP contribution is 2.21. The monoisotopic (exact) mass is 204 g/mol. The van der Waals surface area contributed by atoms with E-state index in [4.69, 9.17) is 15.9 Å². The van der Waals surface area contributed by atoms with E-state index in [1.807, 2.05) is 0 Å². The molecule has 1 aromatic carbocycles. The Labute approximate surface area is 84.6 Å². The molecule has 1 aromatic heterocycles. The van der Waals surface area contributed by atoms with E-state index in [1.165, 1.54) is 18.6 Å². The smallest absolute Gasteiger partial charge is 0.249 e. The first-order chi connectivity index (χ1) is 7.09. The lowest BCUT2D eigenvalue weighted by molar-refractivity contribution is 0.0999. The van der Waals surface area contributed by atoms with E-state index < -0.39 is 11.8 Å². The SMILES string of the molecule is NC(=O)c1cc(C(N)=O)c2cocc2c1. The van der Waals surface area contributed by atoms with Gasteiger partial charge in [-0.2, -0.15) is 0 Å². The molecule has 0 aliphatic rings. The highest BCUT2D eigenvalue weighted by Gasteiger charge is 2.12. The van der Waals surface area contributed by atoms with Gasteiger partial charge in [0.05, 0.1) is 18.1 Å². The van der Waals surface area contributed by atoms with Crippen LogP contribution >= 0.6 is 0 Å². The van der Waals surface area contributed by atoms with Crippen LogP contribution in [0.3, 0.4) is 0 Å². The second kappa shape index (κ2) is 3.13. The van der Waals surface area contributed by atoms with Crippen LogP contribution in [0.2, 0.25) is 0 Å². The van der Waals surface area contributed by atoms with Gasteiger partial charge in [0.2, 0.25) is 11.8 Å². The highest BCUT2D eigenvalue weighted by molar-refractivity contribution is 6.09. The molecule has 0 atom stereocenters. The Morgan fingerprint density at radius 1 is 1.07 bits per heavy atom. The van der Waals surface area contributed by atoms with Crippen LogP contribution in [0.5, 0.6) is 0 Å². The zero-order valence-corrected chi connectivity index (χ0v) is 7.69. The lowest BCUT2D eigenvalue weighted by Gasteiger charge is -2.00. The van der Waals surface area contributed by atoms with Gasteiger partial charge in [-0.25, -0.2) is 0 Å². The van der Waals surface area contributed by atoms with Crippen molar-refractivity contribution < 1.29 is 14.0 Å². The maximum absolute atomic E-state index is 11.1. The van der Waals surface area contributed by atoms with E-state index >= 15 is 0 Å². The van der Waals surface area contributed by atoms with Crippen LogP contribution in [-0.4, -0.2) is 11.8 Å². The summed E-state index contributed by atoms with van der Waals surface area (Å²) in [6, 6.07) is 2.91. The van der Waals surface area contributed by atoms with Gasteiger partial charge in [-0.3, -0.25) is 9.59 Å². The number of amides is 2. The van der Waals surface area contributed by atoms with Crippen molar-refractivity contribution in [3.63, 3.8) is 0 Å². The zero-order valence-electron chi connectivity index (χ0n) is 7.69. The Bertz CT molecular complexity index is 557. The molecule has 0 aliphatic carbocycles. The van der Waals surface area contributed by atoms with Gasteiger partial charge < -0.3 is 15.9 Å². The molecule has 0 bridgehead atoms. The van der Waals surface area contributed by atoms with Gasteiger partial charge in [0, 0.05) is 16.3 Å². The Kier molecular flexibility index (Phi) is 1.93. The number of carbonyl (C=O) groups excluding carboxylic acids is 2. The molecule has 0 saturated heterocycles. The van der Waals surface area contributed by atoms with Crippen LogP contribution in [0.1, 0.15) is 20.7 Å². The number of carbonyl (C=O) groups is 2. The molecule has 0 spiro atoms. The summed E-state index contributed by atoms with van der Waals surface area (Å²) in [5, 5.41) is 1.20. The third kappa shape index (κ3) is 1.43. The molecule has 0 fully saturated rings. The predicted octanol–water partition coefficient (Wildman–Crippen LogP) is 0.631. The first-order valence-electron chi connectivity index (χ1n) is 4.19. The summed E-state index contributed by atoms with van der Waals surface area (Å²) >= 11 is 0. The summed E-state index contributed by atoms with van der Waals surface area (Å²) in [7, 11) is 0. The third-order valence-corrected chi connectivity index (χ3v) is 2.14. The fraction of sp³-hybridized carbons (Fsp3) is 0. The van der Waals surface area contributed by atoms with Crippen LogP contribution in [0.15, 0.2) is 29.1 Å². The number of nitrogens with two attached hydrogens (primary N) is 2. The maximum atomic E-state index is 11.1. The summed E-state index contributed by atoms with van der Waals surface area (Å²) in [6.07, 6.45) is 2.83. The molecular weight excluding hydrogens is 196 g/mol. The van der Waals surface area contributed by atoms with Crippen molar-refractivity contribution in [3.8, 4) is 0 Å².